The summed E-state index contributed by atoms with van der Waals surface area (Å²) < 4.78 is 34.3. The van der Waals surface area contributed by atoms with E-state index in [1.54, 1.807) is 16.5 Å². The van der Waals surface area contributed by atoms with Gasteiger partial charge < -0.3 is 14.0 Å². The molecule has 0 N–H and O–H groups in total. The van der Waals surface area contributed by atoms with E-state index < -0.39 is 10.0 Å². The standard InChI is InChI=1S/C19H28N6O4S/c1-14(26)25(10-8-17-21-19(29-22-17)15-5-3-6-15)16-7-4-9-24(11-16)30(27,28)18-12-23(2)13-20-18/h12-13,15-16H,3-11H2,1-2H3. The summed E-state index contributed by atoms with van der Waals surface area (Å²) in [4.78, 5) is 22.5. The maximum absolute atomic E-state index is 12.9. The third-order valence-corrected chi connectivity index (χ3v) is 7.76. The molecule has 2 aromatic heterocycles. The SMILES string of the molecule is CC(=O)N(CCc1noc(C2CCC2)n1)C1CCCN(S(=O)(=O)c2cn(C)cn2)C1. The predicted octanol–water partition coefficient (Wildman–Crippen LogP) is 1.31. The molecule has 0 radical (unpaired) electrons. The lowest BCUT2D eigenvalue weighted by molar-refractivity contribution is -0.131. The molecular formula is C19H28N6O4S. The summed E-state index contributed by atoms with van der Waals surface area (Å²) in [5.74, 6) is 1.58. The van der Waals surface area contributed by atoms with Crippen LogP contribution < -0.4 is 0 Å². The molecule has 11 heteroatoms. The first-order chi connectivity index (χ1) is 14.3. The summed E-state index contributed by atoms with van der Waals surface area (Å²) in [6.07, 6.45) is 8.27. The van der Waals surface area contributed by atoms with Crippen LogP contribution in [0.4, 0.5) is 0 Å². The van der Waals surface area contributed by atoms with E-state index >= 15 is 0 Å². The Morgan fingerprint density at radius 2 is 2.10 bits per heavy atom. The van der Waals surface area contributed by atoms with Gasteiger partial charge in [-0.3, -0.25) is 4.79 Å². The molecule has 1 saturated carbocycles. The van der Waals surface area contributed by atoms with Crippen LogP contribution in [-0.2, 0) is 28.3 Å². The number of imidazole rings is 1. The Labute approximate surface area is 176 Å². The molecular weight excluding hydrogens is 408 g/mol. The Kier molecular flexibility index (Phi) is 5.92. The molecule has 1 aliphatic heterocycles. The maximum Gasteiger partial charge on any atom is 0.262 e. The molecule has 164 valence electrons. The van der Waals surface area contributed by atoms with Crippen molar-refractivity contribution < 1.29 is 17.7 Å². The number of amides is 1. The third-order valence-electron chi connectivity index (χ3n) is 6.00. The lowest BCUT2D eigenvalue weighted by atomic mass is 9.85. The number of hydrogen-bond donors (Lipinski definition) is 0. The minimum Gasteiger partial charge on any atom is -0.339 e. The highest BCUT2D eigenvalue weighted by Gasteiger charge is 2.35. The van der Waals surface area contributed by atoms with E-state index in [0.717, 1.165) is 19.3 Å². The van der Waals surface area contributed by atoms with Crippen LogP contribution >= 0.6 is 0 Å². The second-order valence-corrected chi connectivity index (χ2v) is 10.1. The van der Waals surface area contributed by atoms with Crippen molar-refractivity contribution in [2.24, 2.45) is 7.05 Å². The van der Waals surface area contributed by atoms with Gasteiger partial charge >= 0.3 is 0 Å². The van der Waals surface area contributed by atoms with Crippen LogP contribution in [0.1, 0.15) is 56.7 Å². The Bertz CT molecular complexity index is 996. The quantitative estimate of drug-likeness (QED) is 0.643. The molecule has 2 aromatic rings. The molecule has 0 bridgehead atoms. The van der Waals surface area contributed by atoms with Gasteiger partial charge in [0.1, 0.15) is 0 Å². The van der Waals surface area contributed by atoms with Crippen LogP contribution in [0, 0.1) is 0 Å². The first kappa shape index (κ1) is 21.0. The zero-order valence-corrected chi connectivity index (χ0v) is 18.2. The number of sulfonamides is 1. The van der Waals surface area contributed by atoms with Crippen molar-refractivity contribution >= 4 is 15.9 Å². The van der Waals surface area contributed by atoms with Crippen molar-refractivity contribution in [1.82, 2.24) is 28.9 Å². The summed E-state index contributed by atoms with van der Waals surface area (Å²) >= 11 is 0. The monoisotopic (exact) mass is 436 g/mol. The fraction of sp³-hybridized carbons (Fsp3) is 0.684. The van der Waals surface area contributed by atoms with E-state index in [2.05, 4.69) is 15.1 Å². The van der Waals surface area contributed by atoms with Crippen LogP contribution in [0.25, 0.3) is 0 Å². The topological polar surface area (TPSA) is 114 Å². The number of carbonyl (C=O) groups is 1. The largest absolute Gasteiger partial charge is 0.339 e. The summed E-state index contributed by atoms with van der Waals surface area (Å²) in [5.41, 5.74) is 0. The molecule has 3 heterocycles. The van der Waals surface area contributed by atoms with Crippen molar-refractivity contribution in [3.8, 4) is 0 Å². The maximum atomic E-state index is 12.9. The molecule has 0 aromatic carbocycles. The van der Waals surface area contributed by atoms with Gasteiger partial charge in [-0.25, -0.2) is 13.4 Å². The van der Waals surface area contributed by atoms with Crippen LogP contribution in [0.5, 0.6) is 0 Å². The van der Waals surface area contributed by atoms with Gasteiger partial charge in [0, 0.05) is 58.2 Å². The van der Waals surface area contributed by atoms with Gasteiger partial charge in [-0.2, -0.15) is 9.29 Å². The van der Waals surface area contributed by atoms with Crippen molar-refractivity contribution in [2.45, 2.75) is 62.4 Å². The number of hydrogen-bond acceptors (Lipinski definition) is 7. The van der Waals surface area contributed by atoms with Crippen molar-refractivity contribution in [2.75, 3.05) is 19.6 Å². The highest BCUT2D eigenvalue weighted by Crippen LogP contribution is 2.35. The Morgan fingerprint density at radius 3 is 2.73 bits per heavy atom. The molecule has 10 nitrogen and oxygen atoms in total. The number of aromatic nitrogens is 4. The zero-order chi connectivity index (χ0) is 21.3. The minimum absolute atomic E-state index is 0.0374. The van der Waals surface area contributed by atoms with Crippen LogP contribution in [0.2, 0.25) is 0 Å². The molecule has 1 saturated heterocycles. The van der Waals surface area contributed by atoms with Crippen LogP contribution in [0.15, 0.2) is 22.1 Å². The first-order valence-corrected chi connectivity index (χ1v) is 11.9. The molecule has 0 spiro atoms. The Balaban J connectivity index is 1.42. The molecule has 2 fully saturated rings. The number of nitrogens with zero attached hydrogens (tertiary/aromatic N) is 6. The lowest BCUT2D eigenvalue weighted by Crippen LogP contribution is -2.51. The lowest BCUT2D eigenvalue weighted by Gasteiger charge is -2.38. The smallest absolute Gasteiger partial charge is 0.262 e. The summed E-state index contributed by atoms with van der Waals surface area (Å²) in [5, 5.41) is 4.09. The highest BCUT2D eigenvalue weighted by atomic mass is 32.2. The number of aryl methyl sites for hydroxylation is 1. The molecule has 1 aliphatic carbocycles. The van der Waals surface area contributed by atoms with Crippen molar-refractivity contribution in [3.63, 3.8) is 0 Å². The number of rotatable bonds is 7. The van der Waals surface area contributed by atoms with Gasteiger partial charge in [-0.05, 0) is 25.7 Å². The predicted molar refractivity (Wildman–Crippen MR) is 107 cm³/mol. The molecule has 1 amide bonds. The molecule has 4 rings (SSSR count). The van der Waals surface area contributed by atoms with E-state index in [-0.39, 0.29) is 23.5 Å². The second-order valence-electron chi connectivity index (χ2n) is 8.18. The Hall–Kier alpha value is -2.27. The molecule has 30 heavy (non-hydrogen) atoms. The third kappa shape index (κ3) is 4.27. The van der Waals surface area contributed by atoms with Gasteiger partial charge in [0.05, 0.1) is 6.33 Å². The molecule has 2 aliphatic rings. The number of piperidine rings is 1. The average Bonchev–Trinajstić information content (AvgIpc) is 3.30. The summed E-state index contributed by atoms with van der Waals surface area (Å²) in [6.45, 7) is 2.64. The zero-order valence-electron chi connectivity index (χ0n) is 17.4. The molecule has 1 unspecified atom stereocenters. The van der Waals surface area contributed by atoms with Crippen LogP contribution in [-0.4, -0.2) is 68.9 Å². The summed E-state index contributed by atoms with van der Waals surface area (Å²) in [7, 11) is -1.95. The van der Waals surface area contributed by atoms with Gasteiger partial charge in [-0.1, -0.05) is 11.6 Å². The van der Waals surface area contributed by atoms with Crippen molar-refractivity contribution in [1.29, 1.82) is 0 Å². The summed E-state index contributed by atoms with van der Waals surface area (Å²) in [6, 6.07) is -0.187. The van der Waals surface area contributed by atoms with E-state index in [1.165, 1.54) is 30.2 Å². The van der Waals surface area contributed by atoms with Gasteiger partial charge in [0.2, 0.25) is 11.8 Å². The first-order valence-electron chi connectivity index (χ1n) is 10.4. The van der Waals surface area contributed by atoms with Gasteiger partial charge in [0.25, 0.3) is 10.0 Å². The van der Waals surface area contributed by atoms with Crippen molar-refractivity contribution in [3.05, 3.63) is 24.2 Å². The fourth-order valence-electron chi connectivity index (χ4n) is 4.06. The van der Waals surface area contributed by atoms with Crippen LogP contribution in [0.3, 0.4) is 0 Å². The average molecular weight is 437 g/mol. The van der Waals surface area contributed by atoms with E-state index in [1.807, 2.05) is 0 Å². The highest BCUT2D eigenvalue weighted by molar-refractivity contribution is 7.89. The normalized spacial score (nSPS) is 20.8. The fourth-order valence-corrected chi connectivity index (χ4v) is 5.54. The van der Waals surface area contributed by atoms with Gasteiger partial charge in [-0.15, -0.1) is 0 Å². The van der Waals surface area contributed by atoms with Gasteiger partial charge in [0.15, 0.2) is 10.9 Å². The molecule has 1 atom stereocenters. The number of carbonyl (C=O) groups excluding carboxylic acids is 1. The van der Waals surface area contributed by atoms with E-state index in [4.69, 9.17) is 4.52 Å². The van der Waals surface area contributed by atoms with E-state index in [9.17, 15) is 13.2 Å². The minimum atomic E-state index is -3.68. The van der Waals surface area contributed by atoms with E-state index in [0.29, 0.717) is 43.6 Å². The second kappa shape index (κ2) is 8.46. The Morgan fingerprint density at radius 1 is 1.30 bits per heavy atom.